The van der Waals surface area contributed by atoms with E-state index in [1.807, 2.05) is 48.5 Å². The van der Waals surface area contributed by atoms with Crippen molar-refractivity contribution in [3.05, 3.63) is 77.0 Å². The number of allylic oxidation sites excluding steroid dienone is 1. The van der Waals surface area contributed by atoms with Gasteiger partial charge in [-0.1, -0.05) is 30.7 Å². The van der Waals surface area contributed by atoms with E-state index in [-0.39, 0.29) is 12.1 Å². The number of para-hydroxylation sites is 1. The molecule has 2 aromatic heterocycles. The minimum Gasteiger partial charge on any atom is -0.459 e. The van der Waals surface area contributed by atoms with E-state index in [0.29, 0.717) is 27.7 Å². The molecule has 0 bridgehead atoms. The molecule has 0 N–H and O–H groups in total. The minimum absolute atomic E-state index is 0.0159. The zero-order valence-corrected chi connectivity index (χ0v) is 18.8. The van der Waals surface area contributed by atoms with Gasteiger partial charge in [0.25, 0.3) is 0 Å². The van der Waals surface area contributed by atoms with Gasteiger partial charge in [-0.05, 0) is 62.1 Å². The first kappa shape index (κ1) is 21.2. The van der Waals surface area contributed by atoms with Gasteiger partial charge in [-0.15, -0.1) is 11.3 Å². The summed E-state index contributed by atoms with van der Waals surface area (Å²) in [6, 6.07) is 21.0. The number of hydrogen-bond donors (Lipinski definition) is 0. The van der Waals surface area contributed by atoms with Crippen LogP contribution in [0.15, 0.2) is 65.1 Å². The lowest BCUT2D eigenvalue weighted by Crippen LogP contribution is -2.20. The van der Waals surface area contributed by atoms with Crippen LogP contribution in [0.3, 0.4) is 0 Å². The van der Waals surface area contributed by atoms with Crippen LogP contribution in [0.25, 0.3) is 33.2 Å². The third kappa shape index (κ3) is 4.74. The number of carbonyl (C=O) groups excluding carboxylic acids is 1. The summed E-state index contributed by atoms with van der Waals surface area (Å²) in [6.07, 6.45) is 7.03. The fourth-order valence-electron chi connectivity index (χ4n) is 4.06. The van der Waals surface area contributed by atoms with Crippen molar-refractivity contribution >= 4 is 39.2 Å². The number of benzene rings is 2. The number of rotatable bonds is 5. The normalized spacial score (nSPS) is 14.8. The highest BCUT2D eigenvalue weighted by Gasteiger charge is 2.19. The van der Waals surface area contributed by atoms with E-state index in [2.05, 4.69) is 11.1 Å². The molecule has 0 atom stereocenters. The van der Waals surface area contributed by atoms with Crippen LogP contribution in [-0.4, -0.2) is 17.1 Å². The number of nitriles is 1. The van der Waals surface area contributed by atoms with Gasteiger partial charge in [-0.3, -0.25) is 0 Å². The van der Waals surface area contributed by atoms with E-state index in [4.69, 9.17) is 9.15 Å². The maximum Gasteiger partial charge on any atom is 0.338 e. The van der Waals surface area contributed by atoms with Crippen molar-refractivity contribution < 1.29 is 13.9 Å². The minimum atomic E-state index is -0.293. The zero-order chi connectivity index (χ0) is 22.6. The molecule has 0 unspecified atom stereocenters. The molecule has 0 radical (unpaired) electrons. The van der Waals surface area contributed by atoms with Crippen molar-refractivity contribution in [3.63, 3.8) is 0 Å². The van der Waals surface area contributed by atoms with Crippen LogP contribution in [-0.2, 0) is 4.74 Å². The standard InChI is InChI=1S/C27H22N2O3S/c28-17-20(26-29-23-11-4-5-12-25(23)33-26)16-22-13-14-24(31-22)18-7-6-8-19(15-18)27(30)32-21-9-2-1-3-10-21/h4-8,11-16,21H,1-3,9-10H2/b20-16+. The van der Waals surface area contributed by atoms with Crippen LogP contribution in [0, 0.1) is 11.3 Å². The number of fused-ring (bicyclic) bond motifs is 1. The summed E-state index contributed by atoms with van der Waals surface area (Å²) >= 11 is 1.48. The molecule has 0 amide bonds. The van der Waals surface area contributed by atoms with Crippen molar-refractivity contribution in [1.82, 2.24) is 4.98 Å². The van der Waals surface area contributed by atoms with Gasteiger partial charge in [0.05, 0.1) is 21.4 Å². The number of furan rings is 1. The third-order valence-corrected chi connectivity index (χ3v) is 6.84. The highest BCUT2D eigenvalue weighted by Crippen LogP contribution is 2.30. The number of nitrogens with zero attached hydrogens (tertiary/aromatic N) is 2. The quantitative estimate of drug-likeness (QED) is 0.237. The topological polar surface area (TPSA) is 76.1 Å². The Morgan fingerprint density at radius 3 is 2.76 bits per heavy atom. The van der Waals surface area contributed by atoms with E-state index in [1.165, 1.54) is 17.8 Å². The van der Waals surface area contributed by atoms with E-state index in [1.54, 1.807) is 18.2 Å². The second-order valence-corrected chi connectivity index (χ2v) is 9.14. The first-order valence-electron chi connectivity index (χ1n) is 11.1. The van der Waals surface area contributed by atoms with Crippen LogP contribution < -0.4 is 0 Å². The summed E-state index contributed by atoms with van der Waals surface area (Å²) in [4.78, 5) is 17.2. The van der Waals surface area contributed by atoms with Gasteiger partial charge in [0.1, 0.15) is 28.7 Å². The Bertz CT molecular complexity index is 1340. The van der Waals surface area contributed by atoms with Gasteiger partial charge in [-0.2, -0.15) is 5.26 Å². The predicted octanol–water partition coefficient (Wildman–Crippen LogP) is 7.11. The highest BCUT2D eigenvalue weighted by atomic mass is 32.1. The Hall–Kier alpha value is -3.69. The number of hydrogen-bond acceptors (Lipinski definition) is 6. The van der Waals surface area contributed by atoms with Crippen LogP contribution >= 0.6 is 11.3 Å². The molecule has 1 aliphatic carbocycles. The molecular formula is C27H22N2O3S. The maximum atomic E-state index is 12.6. The summed E-state index contributed by atoms with van der Waals surface area (Å²) in [5.74, 6) is 0.879. The summed E-state index contributed by atoms with van der Waals surface area (Å²) in [7, 11) is 0. The summed E-state index contributed by atoms with van der Waals surface area (Å²) in [5.41, 5.74) is 2.61. The Morgan fingerprint density at radius 2 is 1.94 bits per heavy atom. The molecule has 4 aromatic rings. The van der Waals surface area contributed by atoms with Gasteiger partial charge in [0.2, 0.25) is 0 Å². The van der Waals surface area contributed by atoms with Crippen LogP contribution in [0.1, 0.15) is 53.2 Å². The SMILES string of the molecule is N#C/C(=C\c1ccc(-c2cccc(C(=O)OC3CCCCC3)c2)o1)c1nc2ccccc2s1. The summed E-state index contributed by atoms with van der Waals surface area (Å²) in [5, 5.41) is 10.3. The largest absolute Gasteiger partial charge is 0.459 e. The van der Waals surface area contributed by atoms with Gasteiger partial charge in [-0.25, -0.2) is 9.78 Å². The summed E-state index contributed by atoms with van der Waals surface area (Å²) < 4.78 is 12.7. The molecule has 6 heteroatoms. The zero-order valence-electron chi connectivity index (χ0n) is 18.0. The maximum absolute atomic E-state index is 12.6. The molecule has 33 heavy (non-hydrogen) atoms. The molecule has 0 spiro atoms. The van der Waals surface area contributed by atoms with Crippen LogP contribution in [0.5, 0.6) is 0 Å². The number of carbonyl (C=O) groups is 1. The Morgan fingerprint density at radius 1 is 1.09 bits per heavy atom. The molecule has 5 nitrogen and oxygen atoms in total. The molecule has 2 aromatic carbocycles. The van der Waals surface area contributed by atoms with Gasteiger partial charge in [0.15, 0.2) is 0 Å². The van der Waals surface area contributed by atoms with E-state index in [9.17, 15) is 10.1 Å². The van der Waals surface area contributed by atoms with E-state index < -0.39 is 0 Å². The van der Waals surface area contributed by atoms with Crippen molar-refractivity contribution in [3.8, 4) is 17.4 Å². The number of thiazole rings is 1. The molecule has 1 aliphatic rings. The number of esters is 1. The van der Waals surface area contributed by atoms with Gasteiger partial charge in [0, 0.05) is 11.6 Å². The van der Waals surface area contributed by atoms with Gasteiger partial charge < -0.3 is 9.15 Å². The second-order valence-electron chi connectivity index (χ2n) is 8.10. The monoisotopic (exact) mass is 454 g/mol. The molecule has 1 fully saturated rings. The van der Waals surface area contributed by atoms with Gasteiger partial charge >= 0.3 is 5.97 Å². The lowest BCUT2D eigenvalue weighted by atomic mass is 9.98. The smallest absolute Gasteiger partial charge is 0.338 e. The van der Waals surface area contributed by atoms with Crippen molar-refractivity contribution in [1.29, 1.82) is 5.26 Å². The molecular weight excluding hydrogens is 432 g/mol. The number of ether oxygens (including phenoxy) is 1. The second kappa shape index (κ2) is 9.43. The van der Waals surface area contributed by atoms with E-state index >= 15 is 0 Å². The Kier molecular flexibility index (Phi) is 6.05. The average Bonchev–Trinajstić information content (AvgIpc) is 3.50. The van der Waals surface area contributed by atoms with Crippen LogP contribution in [0.2, 0.25) is 0 Å². The van der Waals surface area contributed by atoms with E-state index in [0.717, 1.165) is 41.5 Å². The first-order chi connectivity index (χ1) is 16.2. The molecule has 5 rings (SSSR count). The third-order valence-electron chi connectivity index (χ3n) is 5.77. The molecule has 2 heterocycles. The fraction of sp³-hybridized carbons (Fsp3) is 0.222. The molecule has 164 valence electrons. The average molecular weight is 455 g/mol. The Balaban J connectivity index is 1.36. The summed E-state index contributed by atoms with van der Waals surface area (Å²) in [6.45, 7) is 0. The molecule has 0 saturated heterocycles. The first-order valence-corrected chi connectivity index (χ1v) is 11.9. The van der Waals surface area contributed by atoms with Crippen molar-refractivity contribution in [2.75, 3.05) is 0 Å². The fourth-order valence-corrected chi connectivity index (χ4v) is 4.99. The molecule has 1 saturated carbocycles. The predicted molar refractivity (Wildman–Crippen MR) is 130 cm³/mol. The van der Waals surface area contributed by atoms with Crippen molar-refractivity contribution in [2.24, 2.45) is 0 Å². The van der Waals surface area contributed by atoms with Crippen molar-refractivity contribution in [2.45, 2.75) is 38.2 Å². The van der Waals surface area contributed by atoms with Crippen LogP contribution in [0.4, 0.5) is 0 Å². The number of aromatic nitrogens is 1. The Labute approximate surface area is 196 Å². The highest BCUT2D eigenvalue weighted by molar-refractivity contribution is 7.19. The lowest BCUT2D eigenvalue weighted by Gasteiger charge is -2.21. The molecule has 0 aliphatic heterocycles. The lowest BCUT2D eigenvalue weighted by molar-refractivity contribution is 0.0211.